The summed E-state index contributed by atoms with van der Waals surface area (Å²) in [5, 5.41) is 15.3. The van der Waals surface area contributed by atoms with Gasteiger partial charge in [0.25, 0.3) is 0 Å². The number of aryl methyl sites for hydroxylation is 1. The fraction of sp³-hybridized carbons (Fsp3) is 0.600. The molecule has 2 heterocycles. The number of piperidine rings is 1. The number of amides is 2. The molecular weight excluding hydrogens is 334 g/mol. The van der Waals surface area contributed by atoms with Gasteiger partial charge in [0.2, 0.25) is 11.8 Å². The van der Waals surface area contributed by atoms with Gasteiger partial charge in [-0.3, -0.25) is 14.4 Å². The van der Waals surface area contributed by atoms with Crippen LogP contribution in [0.4, 0.5) is 5.82 Å². The molecule has 0 spiro atoms. The van der Waals surface area contributed by atoms with Gasteiger partial charge in [0, 0.05) is 18.7 Å². The summed E-state index contributed by atoms with van der Waals surface area (Å²) in [5.74, 6) is -0.578. The number of nitrogens with zero attached hydrogens (tertiary/aromatic N) is 2. The van der Waals surface area contributed by atoms with Crippen LogP contribution in [0, 0.1) is 12.8 Å². The Balaban J connectivity index is 1.75. The van der Waals surface area contributed by atoms with Gasteiger partial charge in [0.1, 0.15) is 5.76 Å². The standard InChI is InChI=1S/C15H21N3O5S/c1-9-3-4-11(15(21)22)6-18(9)14(20)8-24-7-13(19)16-12-5-10(2)23-17-12/h5,9,11H,3-4,6-8H2,1-2H3,(H,21,22)(H,16,17,19). The average Bonchev–Trinajstić information content (AvgIpc) is 2.92. The molecule has 0 saturated carbocycles. The zero-order chi connectivity index (χ0) is 17.7. The molecule has 1 aliphatic rings. The van der Waals surface area contributed by atoms with Crippen molar-refractivity contribution in [3.05, 3.63) is 11.8 Å². The molecule has 2 rings (SSSR count). The number of carboxylic acids is 1. The molecular formula is C15H21N3O5S. The summed E-state index contributed by atoms with van der Waals surface area (Å²) in [6, 6.07) is 1.63. The molecule has 9 heteroatoms. The normalized spacial score (nSPS) is 20.7. The monoisotopic (exact) mass is 355 g/mol. The predicted molar refractivity (Wildman–Crippen MR) is 88.7 cm³/mol. The summed E-state index contributed by atoms with van der Waals surface area (Å²) in [7, 11) is 0. The number of anilines is 1. The van der Waals surface area contributed by atoms with Gasteiger partial charge in [-0.25, -0.2) is 0 Å². The molecule has 1 saturated heterocycles. The van der Waals surface area contributed by atoms with E-state index in [1.165, 1.54) is 11.8 Å². The maximum atomic E-state index is 12.3. The van der Waals surface area contributed by atoms with Crippen LogP contribution in [0.1, 0.15) is 25.5 Å². The summed E-state index contributed by atoms with van der Waals surface area (Å²) in [4.78, 5) is 36.7. The third kappa shape index (κ3) is 4.98. The molecule has 2 N–H and O–H groups in total. The first kappa shape index (κ1) is 18.3. The van der Waals surface area contributed by atoms with Crippen LogP contribution in [0.5, 0.6) is 0 Å². The van der Waals surface area contributed by atoms with E-state index in [2.05, 4.69) is 10.5 Å². The van der Waals surface area contributed by atoms with E-state index in [0.29, 0.717) is 24.4 Å². The molecule has 0 aliphatic carbocycles. The van der Waals surface area contributed by atoms with Gasteiger partial charge in [0.15, 0.2) is 5.82 Å². The second-order valence-electron chi connectivity index (χ2n) is 5.87. The number of nitrogens with one attached hydrogen (secondary N) is 1. The zero-order valence-electron chi connectivity index (χ0n) is 13.7. The van der Waals surface area contributed by atoms with Crippen molar-refractivity contribution < 1.29 is 24.0 Å². The van der Waals surface area contributed by atoms with Gasteiger partial charge in [-0.15, -0.1) is 11.8 Å². The summed E-state index contributed by atoms with van der Waals surface area (Å²) >= 11 is 1.19. The first-order valence-corrected chi connectivity index (χ1v) is 8.85. The lowest BCUT2D eigenvalue weighted by Crippen LogP contribution is -2.48. The number of likely N-dealkylation sites (tertiary alicyclic amines) is 1. The fourth-order valence-electron chi connectivity index (χ4n) is 2.57. The van der Waals surface area contributed by atoms with Crippen molar-refractivity contribution in [1.82, 2.24) is 10.1 Å². The second-order valence-corrected chi connectivity index (χ2v) is 6.86. The van der Waals surface area contributed by atoms with Crippen LogP contribution in [0.3, 0.4) is 0 Å². The van der Waals surface area contributed by atoms with Crippen molar-refractivity contribution in [3.63, 3.8) is 0 Å². The summed E-state index contributed by atoms with van der Waals surface area (Å²) in [5.41, 5.74) is 0. The van der Waals surface area contributed by atoms with Crippen LogP contribution >= 0.6 is 11.8 Å². The molecule has 24 heavy (non-hydrogen) atoms. The fourth-order valence-corrected chi connectivity index (χ4v) is 3.27. The van der Waals surface area contributed by atoms with Crippen molar-refractivity contribution in [2.45, 2.75) is 32.7 Å². The quantitative estimate of drug-likeness (QED) is 0.792. The number of hydrogen-bond donors (Lipinski definition) is 2. The van der Waals surface area contributed by atoms with E-state index in [-0.39, 0.29) is 35.9 Å². The highest BCUT2D eigenvalue weighted by molar-refractivity contribution is 8.00. The Bertz CT molecular complexity index is 618. The Morgan fingerprint density at radius 1 is 1.42 bits per heavy atom. The molecule has 0 radical (unpaired) electrons. The van der Waals surface area contributed by atoms with E-state index in [0.717, 1.165) is 0 Å². The molecule has 1 aromatic heterocycles. The average molecular weight is 355 g/mol. The van der Waals surface area contributed by atoms with E-state index in [1.54, 1.807) is 17.9 Å². The number of aromatic nitrogens is 1. The first-order chi connectivity index (χ1) is 11.4. The van der Waals surface area contributed by atoms with Crippen molar-refractivity contribution in [3.8, 4) is 0 Å². The maximum absolute atomic E-state index is 12.3. The SMILES string of the molecule is Cc1cc(NC(=O)CSCC(=O)N2CC(C(=O)O)CCC2C)no1. The number of hydrogen-bond acceptors (Lipinski definition) is 6. The highest BCUT2D eigenvalue weighted by Crippen LogP contribution is 2.23. The van der Waals surface area contributed by atoms with Crippen molar-refractivity contribution >= 4 is 35.4 Å². The predicted octanol–water partition coefficient (Wildman–Crippen LogP) is 1.37. The van der Waals surface area contributed by atoms with Crippen LogP contribution in [0.2, 0.25) is 0 Å². The number of carbonyl (C=O) groups excluding carboxylic acids is 2. The topological polar surface area (TPSA) is 113 Å². The lowest BCUT2D eigenvalue weighted by Gasteiger charge is -2.36. The third-order valence-electron chi connectivity index (χ3n) is 3.91. The second kappa shape index (κ2) is 8.18. The highest BCUT2D eigenvalue weighted by atomic mass is 32.2. The molecule has 8 nitrogen and oxygen atoms in total. The minimum absolute atomic E-state index is 0.0284. The number of aliphatic carboxylic acids is 1. The molecule has 1 aromatic rings. The van der Waals surface area contributed by atoms with Gasteiger partial charge in [-0.2, -0.15) is 0 Å². The van der Waals surface area contributed by atoms with E-state index in [4.69, 9.17) is 9.63 Å². The number of carbonyl (C=O) groups is 3. The van der Waals surface area contributed by atoms with E-state index in [1.807, 2.05) is 6.92 Å². The van der Waals surface area contributed by atoms with Gasteiger partial charge in [-0.1, -0.05) is 5.16 Å². The minimum Gasteiger partial charge on any atom is -0.481 e. The van der Waals surface area contributed by atoms with Crippen LogP contribution in [-0.2, 0) is 14.4 Å². The maximum Gasteiger partial charge on any atom is 0.308 e. The Labute approximate surface area is 143 Å². The van der Waals surface area contributed by atoms with E-state index < -0.39 is 11.9 Å². The summed E-state index contributed by atoms with van der Waals surface area (Å²) in [6.45, 7) is 3.88. The molecule has 2 amide bonds. The zero-order valence-corrected chi connectivity index (χ0v) is 14.5. The van der Waals surface area contributed by atoms with Crippen molar-refractivity contribution in [2.75, 3.05) is 23.4 Å². The molecule has 1 aliphatic heterocycles. The smallest absolute Gasteiger partial charge is 0.308 e. The Morgan fingerprint density at radius 2 is 2.17 bits per heavy atom. The lowest BCUT2D eigenvalue weighted by atomic mass is 9.93. The van der Waals surface area contributed by atoms with E-state index in [9.17, 15) is 14.4 Å². The van der Waals surface area contributed by atoms with Crippen LogP contribution < -0.4 is 5.32 Å². The van der Waals surface area contributed by atoms with Gasteiger partial charge >= 0.3 is 5.97 Å². The highest BCUT2D eigenvalue weighted by Gasteiger charge is 2.32. The summed E-state index contributed by atoms with van der Waals surface area (Å²) in [6.07, 6.45) is 1.27. The number of carboxylic acid groups (broad SMARTS) is 1. The third-order valence-corrected chi connectivity index (χ3v) is 4.82. The molecule has 1 fully saturated rings. The van der Waals surface area contributed by atoms with Crippen molar-refractivity contribution in [2.24, 2.45) is 5.92 Å². The Hall–Kier alpha value is -2.03. The molecule has 2 atom stereocenters. The lowest BCUT2D eigenvalue weighted by molar-refractivity contribution is -0.146. The molecule has 2 unspecified atom stereocenters. The number of rotatable bonds is 6. The van der Waals surface area contributed by atoms with Crippen LogP contribution in [0.15, 0.2) is 10.6 Å². The van der Waals surface area contributed by atoms with Gasteiger partial charge in [-0.05, 0) is 26.7 Å². The van der Waals surface area contributed by atoms with Crippen molar-refractivity contribution in [1.29, 1.82) is 0 Å². The Kier molecular flexibility index (Phi) is 6.24. The number of thioether (sulfide) groups is 1. The van der Waals surface area contributed by atoms with Crippen LogP contribution in [-0.4, -0.2) is 57.0 Å². The largest absolute Gasteiger partial charge is 0.481 e. The van der Waals surface area contributed by atoms with Gasteiger partial charge in [0.05, 0.1) is 17.4 Å². The molecule has 132 valence electrons. The Morgan fingerprint density at radius 3 is 2.79 bits per heavy atom. The summed E-state index contributed by atoms with van der Waals surface area (Å²) < 4.78 is 4.85. The van der Waals surface area contributed by atoms with Crippen LogP contribution in [0.25, 0.3) is 0 Å². The molecule has 0 bridgehead atoms. The molecule has 0 aromatic carbocycles. The van der Waals surface area contributed by atoms with E-state index >= 15 is 0 Å². The minimum atomic E-state index is -0.866. The van der Waals surface area contributed by atoms with Gasteiger partial charge < -0.3 is 19.8 Å². The first-order valence-electron chi connectivity index (χ1n) is 7.70.